The fourth-order valence-electron chi connectivity index (χ4n) is 4.79. The van der Waals surface area contributed by atoms with Crippen molar-refractivity contribution in [1.82, 2.24) is 0 Å². The molecule has 5 aromatic rings. The first-order valence-electron chi connectivity index (χ1n) is 13.6. The summed E-state index contributed by atoms with van der Waals surface area (Å²) in [4.78, 5) is 2.31. The zero-order valence-corrected chi connectivity index (χ0v) is 23.0. The largest absolute Gasteiger partial charge is 0.311 e. The lowest BCUT2D eigenvalue weighted by atomic mass is 10.0. The lowest BCUT2D eigenvalue weighted by molar-refractivity contribution is 1.14. The van der Waals surface area contributed by atoms with E-state index in [-0.39, 0.29) is 0 Å². The highest BCUT2D eigenvalue weighted by atomic mass is 15.1. The Hall–Kier alpha value is -4.62. The van der Waals surface area contributed by atoms with Crippen molar-refractivity contribution in [2.75, 3.05) is 4.90 Å². The van der Waals surface area contributed by atoms with E-state index in [4.69, 9.17) is 0 Å². The van der Waals surface area contributed by atoms with Gasteiger partial charge in [0.25, 0.3) is 0 Å². The molecule has 0 bridgehead atoms. The zero-order valence-electron chi connectivity index (χ0n) is 23.0. The van der Waals surface area contributed by atoms with E-state index in [1.165, 1.54) is 39.0 Å². The molecular formula is C38H35N. The summed E-state index contributed by atoms with van der Waals surface area (Å²) in [6.45, 7) is 6.50. The van der Waals surface area contributed by atoms with Gasteiger partial charge in [-0.05, 0) is 91.4 Å². The molecule has 5 rings (SSSR count). The van der Waals surface area contributed by atoms with Crippen LogP contribution in [-0.4, -0.2) is 0 Å². The third kappa shape index (κ3) is 6.64. The first-order chi connectivity index (χ1) is 19.1. The minimum absolute atomic E-state index is 0.971. The average molecular weight is 506 g/mol. The van der Waals surface area contributed by atoms with Crippen molar-refractivity contribution in [3.05, 3.63) is 168 Å². The van der Waals surface area contributed by atoms with Crippen LogP contribution in [0, 0.1) is 6.92 Å². The van der Waals surface area contributed by atoms with Crippen molar-refractivity contribution in [3.8, 4) is 11.1 Å². The summed E-state index contributed by atoms with van der Waals surface area (Å²) >= 11 is 0. The molecule has 0 aliphatic heterocycles. The maximum absolute atomic E-state index is 2.31. The van der Waals surface area contributed by atoms with Gasteiger partial charge in [-0.3, -0.25) is 0 Å². The van der Waals surface area contributed by atoms with Crippen LogP contribution in [0.3, 0.4) is 0 Å². The molecule has 5 aromatic carbocycles. The van der Waals surface area contributed by atoms with Gasteiger partial charge < -0.3 is 4.90 Å². The Morgan fingerprint density at radius 1 is 0.538 bits per heavy atom. The minimum Gasteiger partial charge on any atom is -0.311 e. The zero-order chi connectivity index (χ0) is 27.0. The molecular weight excluding hydrogens is 470 g/mol. The van der Waals surface area contributed by atoms with Gasteiger partial charge in [-0.1, -0.05) is 120 Å². The molecule has 1 heteroatoms. The summed E-state index contributed by atoms with van der Waals surface area (Å²) < 4.78 is 0. The van der Waals surface area contributed by atoms with Gasteiger partial charge in [-0.2, -0.15) is 0 Å². The van der Waals surface area contributed by atoms with Crippen LogP contribution in [0.1, 0.15) is 30.5 Å². The van der Waals surface area contributed by atoms with Crippen molar-refractivity contribution < 1.29 is 0 Å². The lowest BCUT2D eigenvalue weighted by Crippen LogP contribution is -2.09. The first-order valence-corrected chi connectivity index (χ1v) is 13.6. The fraction of sp³-hybridized carbons (Fsp3) is 0.105. The monoisotopic (exact) mass is 505 g/mol. The maximum atomic E-state index is 2.31. The molecule has 0 saturated heterocycles. The second kappa shape index (κ2) is 12.3. The van der Waals surface area contributed by atoms with Gasteiger partial charge in [-0.25, -0.2) is 0 Å². The molecule has 0 unspecified atom stereocenters. The van der Waals surface area contributed by atoms with Crippen LogP contribution in [-0.2, 0) is 6.42 Å². The Morgan fingerprint density at radius 2 is 1.03 bits per heavy atom. The predicted octanol–water partition coefficient (Wildman–Crippen LogP) is 10.7. The van der Waals surface area contributed by atoms with E-state index >= 15 is 0 Å². The first kappa shape index (κ1) is 26.0. The standard InChI is InChI=1S/C38H35N/c1-29-15-18-34(19-16-29)35-22-26-38(27-23-35)39(36-12-8-5-9-13-36)37-24-20-33(21-25-37)31(3)17-14-30(2)28-32-10-6-4-7-11-32/h4-27H,28H2,1-3H3/b30-14+,31-17+. The van der Waals surface area contributed by atoms with Gasteiger partial charge in [0, 0.05) is 17.1 Å². The van der Waals surface area contributed by atoms with E-state index < -0.39 is 0 Å². The summed E-state index contributed by atoms with van der Waals surface area (Å²) in [5.74, 6) is 0. The molecule has 0 fully saturated rings. The molecule has 192 valence electrons. The second-order valence-corrected chi connectivity index (χ2v) is 10.2. The van der Waals surface area contributed by atoms with Crippen LogP contribution in [0.4, 0.5) is 17.1 Å². The number of rotatable bonds is 8. The van der Waals surface area contributed by atoms with Crippen molar-refractivity contribution in [1.29, 1.82) is 0 Å². The topological polar surface area (TPSA) is 3.24 Å². The van der Waals surface area contributed by atoms with Gasteiger partial charge in [-0.15, -0.1) is 0 Å². The summed E-state index contributed by atoms with van der Waals surface area (Å²) in [6, 6.07) is 47.6. The number of allylic oxidation sites excluding steroid dienone is 4. The SMILES string of the molecule is C/C(=C\C=C(/C)c1ccc(N(c2ccccc2)c2ccc(-c3ccc(C)cc3)cc2)cc1)Cc1ccccc1. The minimum atomic E-state index is 0.971. The second-order valence-electron chi connectivity index (χ2n) is 10.2. The number of aryl methyl sites for hydroxylation is 1. The van der Waals surface area contributed by atoms with Crippen molar-refractivity contribution in [2.45, 2.75) is 27.2 Å². The van der Waals surface area contributed by atoms with Gasteiger partial charge in [0.05, 0.1) is 0 Å². The summed E-state index contributed by atoms with van der Waals surface area (Å²) in [5.41, 5.74) is 12.3. The summed E-state index contributed by atoms with van der Waals surface area (Å²) in [6.07, 6.45) is 5.44. The van der Waals surface area contributed by atoms with Crippen molar-refractivity contribution >= 4 is 22.6 Å². The van der Waals surface area contributed by atoms with Gasteiger partial charge in [0.15, 0.2) is 0 Å². The molecule has 0 atom stereocenters. The average Bonchev–Trinajstić information content (AvgIpc) is 2.98. The highest BCUT2D eigenvalue weighted by Crippen LogP contribution is 2.36. The molecule has 0 aromatic heterocycles. The molecule has 0 spiro atoms. The highest BCUT2D eigenvalue weighted by Gasteiger charge is 2.12. The van der Waals surface area contributed by atoms with Gasteiger partial charge in [0.1, 0.15) is 0 Å². The smallest absolute Gasteiger partial charge is 0.0462 e. The van der Waals surface area contributed by atoms with Crippen LogP contribution in [0.25, 0.3) is 16.7 Å². The molecule has 0 saturated carbocycles. The number of benzene rings is 5. The van der Waals surface area contributed by atoms with E-state index in [0.717, 1.165) is 23.5 Å². The van der Waals surface area contributed by atoms with Gasteiger partial charge >= 0.3 is 0 Å². The number of hydrogen-bond acceptors (Lipinski definition) is 1. The van der Waals surface area contributed by atoms with Crippen LogP contribution in [0.5, 0.6) is 0 Å². The predicted molar refractivity (Wildman–Crippen MR) is 169 cm³/mol. The lowest BCUT2D eigenvalue weighted by Gasteiger charge is -2.26. The molecule has 0 radical (unpaired) electrons. The van der Waals surface area contributed by atoms with Crippen LogP contribution in [0.15, 0.2) is 151 Å². The Labute approximate surface area is 233 Å². The third-order valence-corrected chi connectivity index (χ3v) is 7.05. The Balaban J connectivity index is 1.39. The van der Waals surface area contributed by atoms with Gasteiger partial charge in [0.2, 0.25) is 0 Å². The number of para-hydroxylation sites is 1. The summed E-state index contributed by atoms with van der Waals surface area (Å²) in [7, 11) is 0. The normalized spacial score (nSPS) is 11.9. The molecule has 0 heterocycles. The quantitative estimate of drug-likeness (QED) is 0.190. The Kier molecular flexibility index (Phi) is 8.19. The van der Waals surface area contributed by atoms with Crippen LogP contribution in [0.2, 0.25) is 0 Å². The summed E-state index contributed by atoms with van der Waals surface area (Å²) in [5, 5.41) is 0. The maximum Gasteiger partial charge on any atom is 0.0462 e. The third-order valence-electron chi connectivity index (χ3n) is 7.05. The molecule has 0 aliphatic carbocycles. The van der Waals surface area contributed by atoms with E-state index in [1.54, 1.807) is 0 Å². The Bertz CT molecular complexity index is 1540. The van der Waals surface area contributed by atoms with E-state index in [0.29, 0.717) is 0 Å². The van der Waals surface area contributed by atoms with Crippen molar-refractivity contribution in [3.63, 3.8) is 0 Å². The number of nitrogens with zero attached hydrogens (tertiary/aromatic N) is 1. The highest BCUT2D eigenvalue weighted by molar-refractivity contribution is 5.79. The van der Waals surface area contributed by atoms with Crippen LogP contribution >= 0.6 is 0 Å². The Morgan fingerprint density at radius 3 is 1.62 bits per heavy atom. The fourth-order valence-corrected chi connectivity index (χ4v) is 4.79. The number of hydrogen-bond donors (Lipinski definition) is 0. The van der Waals surface area contributed by atoms with E-state index in [2.05, 4.69) is 171 Å². The van der Waals surface area contributed by atoms with E-state index in [9.17, 15) is 0 Å². The molecule has 39 heavy (non-hydrogen) atoms. The van der Waals surface area contributed by atoms with Crippen LogP contribution < -0.4 is 4.90 Å². The number of anilines is 3. The van der Waals surface area contributed by atoms with E-state index in [1.807, 2.05) is 0 Å². The molecule has 0 amide bonds. The molecule has 1 nitrogen and oxygen atoms in total. The molecule has 0 aliphatic rings. The van der Waals surface area contributed by atoms with Crippen molar-refractivity contribution in [2.24, 2.45) is 0 Å². The molecule has 0 N–H and O–H groups in total.